The highest BCUT2D eigenvalue weighted by molar-refractivity contribution is 5.85. The summed E-state index contributed by atoms with van der Waals surface area (Å²) in [6.07, 6.45) is -1.87. The minimum atomic E-state index is -4.31. The van der Waals surface area contributed by atoms with Gasteiger partial charge >= 0.3 is 6.18 Å². The van der Waals surface area contributed by atoms with E-state index in [2.05, 4.69) is 6.58 Å². The molecule has 22 heavy (non-hydrogen) atoms. The Hall–Kier alpha value is -1.78. The molecule has 1 nitrogen and oxygen atoms in total. The second-order valence-corrected chi connectivity index (χ2v) is 4.83. The Morgan fingerprint density at radius 1 is 0.955 bits per heavy atom. The molecular weight excluding hydrogens is 311 g/mol. The van der Waals surface area contributed by atoms with Crippen LogP contribution in [0, 0.1) is 0 Å². The molecule has 0 radical (unpaired) electrons. The number of benzene rings is 2. The van der Waals surface area contributed by atoms with E-state index in [1.165, 1.54) is 12.1 Å². The minimum absolute atomic E-state index is 0. The summed E-state index contributed by atoms with van der Waals surface area (Å²) in [5.41, 5.74) is 7.90. The highest BCUT2D eigenvalue weighted by Crippen LogP contribution is 2.31. The number of hydrogen-bond acceptors (Lipinski definition) is 1. The van der Waals surface area contributed by atoms with Crippen molar-refractivity contribution in [3.8, 4) is 11.1 Å². The van der Waals surface area contributed by atoms with Crippen LogP contribution in [-0.2, 0) is 6.18 Å². The fourth-order valence-corrected chi connectivity index (χ4v) is 2.09. The molecule has 2 rings (SSSR count). The monoisotopic (exact) mass is 327 g/mol. The maximum atomic E-state index is 12.5. The van der Waals surface area contributed by atoms with E-state index in [9.17, 15) is 13.2 Å². The van der Waals surface area contributed by atoms with Crippen molar-refractivity contribution in [2.24, 2.45) is 5.73 Å². The first-order chi connectivity index (χ1) is 9.91. The van der Waals surface area contributed by atoms with Gasteiger partial charge in [-0.3, -0.25) is 0 Å². The molecule has 2 aromatic rings. The molecule has 0 saturated heterocycles. The smallest absolute Gasteiger partial charge is 0.324 e. The lowest BCUT2D eigenvalue weighted by Crippen LogP contribution is -2.08. The van der Waals surface area contributed by atoms with Crippen molar-refractivity contribution in [2.75, 3.05) is 0 Å². The van der Waals surface area contributed by atoms with E-state index in [-0.39, 0.29) is 18.4 Å². The lowest BCUT2D eigenvalue weighted by Gasteiger charge is -2.11. The van der Waals surface area contributed by atoms with Crippen LogP contribution in [0.3, 0.4) is 0 Å². The van der Waals surface area contributed by atoms with Crippen LogP contribution in [-0.4, -0.2) is 0 Å². The molecule has 1 atom stereocenters. The van der Waals surface area contributed by atoms with E-state index in [4.69, 9.17) is 5.73 Å². The molecule has 0 amide bonds. The summed E-state index contributed by atoms with van der Waals surface area (Å²) < 4.78 is 37.5. The maximum absolute atomic E-state index is 12.5. The van der Waals surface area contributed by atoms with Crippen LogP contribution in [0.1, 0.15) is 23.6 Å². The van der Waals surface area contributed by atoms with E-state index in [1.807, 2.05) is 24.3 Å². The van der Waals surface area contributed by atoms with Crippen LogP contribution < -0.4 is 5.73 Å². The fraction of sp³-hybridized carbons (Fsp3) is 0.176. The topological polar surface area (TPSA) is 26.0 Å². The molecule has 0 unspecified atom stereocenters. The summed E-state index contributed by atoms with van der Waals surface area (Å²) in [6.45, 7) is 3.65. The third kappa shape index (κ3) is 4.36. The van der Waals surface area contributed by atoms with Crippen LogP contribution >= 0.6 is 12.4 Å². The zero-order valence-corrected chi connectivity index (χ0v) is 12.6. The molecule has 0 bridgehead atoms. The Labute approximate surface area is 134 Å². The first-order valence-electron chi connectivity index (χ1n) is 6.56. The van der Waals surface area contributed by atoms with Gasteiger partial charge in [0, 0.05) is 6.04 Å². The normalized spacial score (nSPS) is 12.4. The molecule has 0 heterocycles. The second-order valence-electron chi connectivity index (χ2n) is 4.83. The van der Waals surface area contributed by atoms with Crippen LogP contribution in [0.15, 0.2) is 61.2 Å². The van der Waals surface area contributed by atoms with Crippen molar-refractivity contribution in [2.45, 2.75) is 18.6 Å². The Bertz CT molecular complexity index is 603. The van der Waals surface area contributed by atoms with Gasteiger partial charge < -0.3 is 5.73 Å². The van der Waals surface area contributed by atoms with Crippen molar-refractivity contribution < 1.29 is 13.2 Å². The van der Waals surface area contributed by atoms with E-state index in [0.717, 1.165) is 28.8 Å². The molecular formula is C17H17ClF3N. The van der Waals surface area contributed by atoms with E-state index in [1.54, 1.807) is 6.08 Å². The van der Waals surface area contributed by atoms with Crippen LogP contribution in [0.25, 0.3) is 11.1 Å². The first kappa shape index (κ1) is 18.3. The molecule has 0 saturated carbocycles. The fourth-order valence-electron chi connectivity index (χ4n) is 2.09. The van der Waals surface area contributed by atoms with Crippen molar-refractivity contribution in [1.29, 1.82) is 0 Å². The average Bonchev–Trinajstić information content (AvgIpc) is 2.47. The highest BCUT2D eigenvalue weighted by Gasteiger charge is 2.29. The van der Waals surface area contributed by atoms with E-state index in [0.29, 0.717) is 6.42 Å². The van der Waals surface area contributed by atoms with Gasteiger partial charge in [0.2, 0.25) is 0 Å². The molecule has 2 N–H and O–H groups in total. The van der Waals surface area contributed by atoms with Gasteiger partial charge in [-0.2, -0.15) is 13.2 Å². The van der Waals surface area contributed by atoms with Gasteiger partial charge in [0.05, 0.1) is 5.56 Å². The Morgan fingerprint density at radius 3 is 1.82 bits per heavy atom. The molecule has 0 aromatic heterocycles. The average molecular weight is 328 g/mol. The quantitative estimate of drug-likeness (QED) is 0.751. The highest BCUT2D eigenvalue weighted by atomic mass is 35.5. The van der Waals surface area contributed by atoms with Gasteiger partial charge in [0.15, 0.2) is 0 Å². The molecule has 0 aliphatic rings. The molecule has 118 valence electrons. The first-order valence-corrected chi connectivity index (χ1v) is 6.56. The number of hydrogen-bond donors (Lipinski definition) is 1. The number of alkyl halides is 3. The molecule has 0 aliphatic carbocycles. The number of nitrogens with two attached hydrogens (primary N) is 1. The molecule has 0 aliphatic heterocycles. The zero-order valence-electron chi connectivity index (χ0n) is 11.8. The Kier molecular flexibility index (Phi) is 6.21. The molecule has 2 aromatic carbocycles. The van der Waals surface area contributed by atoms with Crippen LogP contribution in [0.5, 0.6) is 0 Å². The second kappa shape index (κ2) is 7.47. The van der Waals surface area contributed by atoms with Crippen molar-refractivity contribution >= 4 is 12.4 Å². The van der Waals surface area contributed by atoms with Gasteiger partial charge in [-0.25, -0.2) is 0 Å². The lowest BCUT2D eigenvalue weighted by atomic mass is 9.99. The SMILES string of the molecule is C=CC[C@H](N)c1ccc(-c2ccc(C(F)(F)F)cc2)cc1.Cl. The van der Waals surface area contributed by atoms with Gasteiger partial charge in [-0.1, -0.05) is 42.5 Å². The summed E-state index contributed by atoms with van der Waals surface area (Å²) in [7, 11) is 0. The predicted octanol–water partition coefficient (Wildman–Crippen LogP) is 5.37. The molecule has 0 spiro atoms. The van der Waals surface area contributed by atoms with Crippen molar-refractivity contribution in [3.05, 3.63) is 72.3 Å². The largest absolute Gasteiger partial charge is 0.416 e. The van der Waals surface area contributed by atoms with Gasteiger partial charge in [-0.15, -0.1) is 19.0 Å². The van der Waals surface area contributed by atoms with Crippen LogP contribution in [0.4, 0.5) is 13.2 Å². The zero-order chi connectivity index (χ0) is 15.5. The third-order valence-corrected chi connectivity index (χ3v) is 3.30. The molecule has 5 heteroatoms. The minimum Gasteiger partial charge on any atom is -0.324 e. The number of rotatable bonds is 4. The Balaban J connectivity index is 0.00000242. The van der Waals surface area contributed by atoms with Crippen molar-refractivity contribution in [3.63, 3.8) is 0 Å². The predicted molar refractivity (Wildman–Crippen MR) is 85.9 cm³/mol. The third-order valence-electron chi connectivity index (χ3n) is 3.30. The Morgan fingerprint density at radius 2 is 1.41 bits per heavy atom. The summed E-state index contributed by atoms with van der Waals surface area (Å²) in [4.78, 5) is 0. The van der Waals surface area contributed by atoms with Gasteiger partial charge in [-0.05, 0) is 35.2 Å². The van der Waals surface area contributed by atoms with Gasteiger partial charge in [0.25, 0.3) is 0 Å². The van der Waals surface area contributed by atoms with E-state index >= 15 is 0 Å². The molecule has 0 fully saturated rings. The lowest BCUT2D eigenvalue weighted by molar-refractivity contribution is -0.137. The maximum Gasteiger partial charge on any atom is 0.416 e. The van der Waals surface area contributed by atoms with Crippen LogP contribution in [0.2, 0.25) is 0 Å². The van der Waals surface area contributed by atoms with Gasteiger partial charge in [0.1, 0.15) is 0 Å². The van der Waals surface area contributed by atoms with E-state index < -0.39 is 11.7 Å². The number of halogens is 4. The summed E-state index contributed by atoms with van der Waals surface area (Å²) in [6, 6.07) is 12.5. The van der Waals surface area contributed by atoms with Crippen molar-refractivity contribution in [1.82, 2.24) is 0 Å². The summed E-state index contributed by atoms with van der Waals surface area (Å²) in [5, 5.41) is 0. The summed E-state index contributed by atoms with van der Waals surface area (Å²) >= 11 is 0. The summed E-state index contributed by atoms with van der Waals surface area (Å²) in [5.74, 6) is 0. The standard InChI is InChI=1S/C17H16F3N.ClH/c1-2-3-16(21)14-6-4-12(5-7-14)13-8-10-15(11-9-13)17(18,19)20;/h2,4-11,16H,1,3,21H2;1H/t16-;/m0./s1.